The van der Waals surface area contributed by atoms with Gasteiger partial charge >= 0.3 is 5.97 Å². The van der Waals surface area contributed by atoms with Crippen molar-refractivity contribution in [2.24, 2.45) is 26.6 Å². The van der Waals surface area contributed by atoms with E-state index in [2.05, 4.69) is 20.7 Å². The summed E-state index contributed by atoms with van der Waals surface area (Å²) in [4.78, 5) is 22.4. The lowest BCUT2D eigenvalue weighted by atomic mass is 9.79. The second-order valence-electron chi connectivity index (χ2n) is 5.67. The summed E-state index contributed by atoms with van der Waals surface area (Å²) in [5.41, 5.74) is -0.124. The Morgan fingerprint density at radius 1 is 1.23 bits per heavy atom. The number of esters is 1. The minimum Gasteiger partial charge on any atom is -0.426 e. The van der Waals surface area contributed by atoms with E-state index in [1.54, 1.807) is 0 Å². The number of ether oxygens (including phenoxy) is 1. The molecule has 1 aliphatic carbocycles. The molecule has 3 rings (SSSR count). The van der Waals surface area contributed by atoms with Crippen molar-refractivity contribution in [1.29, 1.82) is 0 Å². The van der Waals surface area contributed by atoms with Gasteiger partial charge in [0.1, 0.15) is 5.75 Å². The molecule has 0 saturated heterocycles. The molecule has 2 aliphatic rings. The molecule has 1 fully saturated rings. The predicted molar refractivity (Wildman–Crippen MR) is 85.8 cm³/mol. The van der Waals surface area contributed by atoms with Crippen LogP contribution in [0.2, 0.25) is 0 Å². The average molecular weight is 382 g/mol. The van der Waals surface area contributed by atoms with Crippen molar-refractivity contribution in [1.82, 2.24) is 4.31 Å². The monoisotopic (exact) mass is 382 g/mol. The smallest absolute Gasteiger partial charge is 0.315 e. The molecule has 12 nitrogen and oxygen atoms in total. The molecule has 1 aromatic rings. The number of nitro groups is 1. The van der Waals surface area contributed by atoms with Crippen molar-refractivity contribution in [3.8, 4) is 5.75 Å². The minimum absolute atomic E-state index is 0.0440. The summed E-state index contributed by atoms with van der Waals surface area (Å²) in [6, 6.07) is 4.52. The van der Waals surface area contributed by atoms with Crippen LogP contribution in [-0.4, -0.2) is 42.4 Å². The van der Waals surface area contributed by atoms with Crippen LogP contribution in [0.25, 0.3) is 0 Å². The molecule has 0 bridgehead atoms. The largest absolute Gasteiger partial charge is 0.426 e. The minimum atomic E-state index is -2.95. The standard InChI is InChI=1S/C13H14N6O6S/c20-13(25-9-3-1-8(2-4-9)19(21)22)10-5-6-11(10)18(26(23)24)7-12-14-16-17-15-12/h1-4,10-12,26H,5-7H2. The lowest BCUT2D eigenvalue weighted by Gasteiger charge is -2.39. The van der Waals surface area contributed by atoms with E-state index in [-0.39, 0.29) is 18.0 Å². The van der Waals surface area contributed by atoms with Gasteiger partial charge in [-0.1, -0.05) is 0 Å². The highest BCUT2D eigenvalue weighted by atomic mass is 32.2. The van der Waals surface area contributed by atoms with Crippen molar-refractivity contribution in [2.75, 3.05) is 6.54 Å². The predicted octanol–water partition coefficient (Wildman–Crippen LogP) is 1.27. The third-order valence-electron chi connectivity index (χ3n) is 4.16. The highest BCUT2D eigenvalue weighted by Crippen LogP contribution is 2.34. The van der Waals surface area contributed by atoms with Gasteiger partial charge in [-0.05, 0) is 35.4 Å². The number of nitrogens with zero attached hydrogens (tertiary/aromatic N) is 6. The first-order valence-electron chi connectivity index (χ1n) is 7.63. The van der Waals surface area contributed by atoms with Gasteiger partial charge in [0.05, 0.1) is 17.4 Å². The Bertz CT molecular complexity index is 818. The molecular formula is C13H14N6O6S. The number of benzene rings is 1. The Morgan fingerprint density at radius 2 is 1.88 bits per heavy atom. The maximum absolute atomic E-state index is 12.3. The van der Waals surface area contributed by atoms with E-state index >= 15 is 0 Å². The van der Waals surface area contributed by atoms with Gasteiger partial charge in [0.2, 0.25) is 10.9 Å². The Labute approximate surface area is 148 Å². The van der Waals surface area contributed by atoms with Crippen LogP contribution in [-0.2, 0) is 15.7 Å². The quantitative estimate of drug-likeness (QED) is 0.246. The van der Waals surface area contributed by atoms with Crippen LogP contribution in [0, 0.1) is 16.0 Å². The third kappa shape index (κ3) is 3.88. The Balaban J connectivity index is 1.64. The van der Waals surface area contributed by atoms with E-state index < -0.39 is 39.9 Å². The topological polar surface area (TPSA) is 156 Å². The highest BCUT2D eigenvalue weighted by molar-refractivity contribution is 7.69. The summed E-state index contributed by atoms with van der Waals surface area (Å²) in [6.45, 7) is -0.0440. The van der Waals surface area contributed by atoms with Gasteiger partial charge in [-0.15, -0.1) is 10.2 Å². The van der Waals surface area contributed by atoms with Crippen LogP contribution in [0.3, 0.4) is 0 Å². The van der Waals surface area contributed by atoms with Crippen LogP contribution >= 0.6 is 0 Å². The van der Waals surface area contributed by atoms with Crippen molar-refractivity contribution in [3.63, 3.8) is 0 Å². The first-order valence-corrected chi connectivity index (χ1v) is 8.76. The summed E-state index contributed by atoms with van der Waals surface area (Å²) in [6.07, 6.45) is 0.267. The third-order valence-corrected chi connectivity index (χ3v) is 5.04. The number of hydrogen-bond donors (Lipinski definition) is 1. The SMILES string of the molecule is O=C(Oc1ccc([N+](=O)[O-])cc1)C1CCC1N(CC1N=NN=N1)[SH](=O)=O. The van der Waals surface area contributed by atoms with Crippen LogP contribution in [0.5, 0.6) is 5.75 Å². The normalized spacial score (nSPS) is 21.9. The van der Waals surface area contributed by atoms with Gasteiger partial charge < -0.3 is 4.74 Å². The number of carbonyl (C=O) groups is 1. The molecular weight excluding hydrogens is 368 g/mol. The van der Waals surface area contributed by atoms with Crippen molar-refractivity contribution in [3.05, 3.63) is 34.4 Å². The molecule has 0 radical (unpaired) electrons. The number of carbonyl (C=O) groups excluding carboxylic acids is 1. The Morgan fingerprint density at radius 3 is 2.38 bits per heavy atom. The van der Waals surface area contributed by atoms with Crippen molar-refractivity contribution in [2.45, 2.75) is 25.0 Å². The molecule has 1 heterocycles. The van der Waals surface area contributed by atoms with E-state index in [9.17, 15) is 23.3 Å². The molecule has 26 heavy (non-hydrogen) atoms. The van der Waals surface area contributed by atoms with E-state index in [1.807, 2.05) is 0 Å². The Kier molecular flexibility index (Phi) is 5.27. The van der Waals surface area contributed by atoms with Crippen molar-refractivity contribution >= 4 is 22.5 Å². The molecule has 0 spiro atoms. The van der Waals surface area contributed by atoms with E-state index in [1.165, 1.54) is 24.3 Å². The van der Waals surface area contributed by atoms with E-state index in [0.717, 1.165) is 4.31 Å². The number of hydrogen-bond acceptors (Lipinski definition) is 10. The summed E-state index contributed by atoms with van der Waals surface area (Å²) in [5, 5.41) is 24.6. The van der Waals surface area contributed by atoms with E-state index in [0.29, 0.717) is 12.8 Å². The van der Waals surface area contributed by atoms with E-state index in [4.69, 9.17) is 4.74 Å². The first-order chi connectivity index (χ1) is 12.5. The van der Waals surface area contributed by atoms with Gasteiger partial charge in [-0.3, -0.25) is 14.9 Å². The fourth-order valence-electron chi connectivity index (χ4n) is 2.69. The average Bonchev–Trinajstić information content (AvgIpc) is 3.06. The maximum Gasteiger partial charge on any atom is 0.315 e. The fourth-order valence-corrected chi connectivity index (χ4v) is 3.49. The summed E-state index contributed by atoms with van der Waals surface area (Å²) < 4.78 is 29.5. The number of non-ortho nitro benzene ring substituents is 1. The maximum atomic E-state index is 12.3. The summed E-state index contributed by atoms with van der Waals surface area (Å²) in [5.74, 6) is -1.07. The van der Waals surface area contributed by atoms with Crippen molar-refractivity contribution < 1.29 is 22.9 Å². The highest BCUT2D eigenvalue weighted by Gasteiger charge is 2.43. The van der Waals surface area contributed by atoms with Gasteiger partial charge in [0, 0.05) is 18.2 Å². The first kappa shape index (κ1) is 18.0. The lowest BCUT2D eigenvalue weighted by molar-refractivity contribution is -0.384. The second-order valence-corrected chi connectivity index (χ2v) is 6.66. The molecule has 1 saturated carbocycles. The van der Waals surface area contributed by atoms with Crippen LogP contribution in [0.1, 0.15) is 12.8 Å². The molecule has 0 aromatic heterocycles. The second kappa shape index (κ2) is 7.61. The fraction of sp³-hybridized carbons (Fsp3) is 0.462. The molecule has 0 amide bonds. The summed E-state index contributed by atoms with van der Waals surface area (Å²) >= 11 is 0. The number of thiol groups is 1. The molecule has 0 N–H and O–H groups in total. The number of nitro benzene ring substituents is 1. The van der Waals surface area contributed by atoms with Crippen LogP contribution in [0.4, 0.5) is 5.69 Å². The van der Waals surface area contributed by atoms with Gasteiger partial charge in [-0.2, -0.15) is 4.31 Å². The molecule has 1 aromatic carbocycles. The van der Waals surface area contributed by atoms with Crippen LogP contribution < -0.4 is 4.74 Å². The summed E-state index contributed by atoms with van der Waals surface area (Å²) in [7, 11) is -2.95. The number of rotatable bonds is 7. The Hall–Kier alpha value is -2.80. The zero-order valence-electron chi connectivity index (χ0n) is 13.2. The van der Waals surface area contributed by atoms with Gasteiger partial charge in [-0.25, -0.2) is 8.42 Å². The van der Waals surface area contributed by atoms with Crippen LogP contribution in [0.15, 0.2) is 44.9 Å². The molecule has 2 atom stereocenters. The molecule has 138 valence electrons. The zero-order valence-corrected chi connectivity index (χ0v) is 14.1. The van der Waals surface area contributed by atoms with Gasteiger partial charge in [0.15, 0.2) is 6.17 Å². The molecule has 13 heteroatoms. The lowest BCUT2D eigenvalue weighted by Crippen LogP contribution is -2.52. The molecule has 2 unspecified atom stereocenters. The van der Waals surface area contributed by atoms with Gasteiger partial charge in [0.25, 0.3) is 5.69 Å². The molecule has 1 aliphatic heterocycles. The zero-order chi connectivity index (χ0) is 18.7.